The van der Waals surface area contributed by atoms with E-state index in [2.05, 4.69) is 31.4 Å². The van der Waals surface area contributed by atoms with Gasteiger partial charge in [-0.2, -0.15) is 9.40 Å². The van der Waals surface area contributed by atoms with Gasteiger partial charge < -0.3 is 5.32 Å². The lowest BCUT2D eigenvalue weighted by Crippen LogP contribution is -2.43. The number of nitrogens with one attached hydrogen (secondary N) is 2. The number of carbonyl (C=O) groups excluding carboxylic acids is 1. The Kier molecular flexibility index (Phi) is 5.73. The van der Waals surface area contributed by atoms with Gasteiger partial charge in [-0.1, -0.05) is 15.9 Å². The molecule has 1 fully saturated rings. The van der Waals surface area contributed by atoms with Crippen molar-refractivity contribution in [2.24, 2.45) is 5.92 Å². The number of hydrogen-bond donors (Lipinski definition) is 2. The average Bonchev–Trinajstić information content (AvgIpc) is 2.97. The third kappa shape index (κ3) is 4.09. The fraction of sp³-hybridized carbons (Fsp3) is 0.444. The second kappa shape index (κ2) is 7.73. The number of aromatic amines is 1. The number of nitrogens with zero attached hydrogens (tertiary/aromatic N) is 2. The topological polar surface area (TPSA) is 95.2 Å². The van der Waals surface area contributed by atoms with Gasteiger partial charge in [0, 0.05) is 23.2 Å². The van der Waals surface area contributed by atoms with Crippen molar-refractivity contribution in [1.82, 2.24) is 14.5 Å². The Morgan fingerprint density at radius 1 is 1.33 bits per heavy atom. The van der Waals surface area contributed by atoms with Crippen molar-refractivity contribution in [3.05, 3.63) is 39.6 Å². The third-order valence-corrected chi connectivity index (χ3v) is 7.86. The van der Waals surface area contributed by atoms with Crippen LogP contribution in [0, 0.1) is 26.7 Å². The van der Waals surface area contributed by atoms with Crippen LogP contribution in [0.25, 0.3) is 0 Å². The van der Waals surface area contributed by atoms with Gasteiger partial charge in [0.15, 0.2) is 0 Å². The lowest BCUT2D eigenvalue weighted by atomic mass is 9.98. The van der Waals surface area contributed by atoms with Crippen molar-refractivity contribution < 1.29 is 13.2 Å². The van der Waals surface area contributed by atoms with E-state index in [9.17, 15) is 13.2 Å². The van der Waals surface area contributed by atoms with Gasteiger partial charge >= 0.3 is 0 Å². The zero-order valence-electron chi connectivity index (χ0n) is 15.5. The van der Waals surface area contributed by atoms with E-state index in [0.29, 0.717) is 36.5 Å². The van der Waals surface area contributed by atoms with Crippen molar-refractivity contribution in [2.75, 3.05) is 18.4 Å². The molecule has 0 radical (unpaired) electrons. The highest BCUT2D eigenvalue weighted by atomic mass is 79.9. The van der Waals surface area contributed by atoms with E-state index in [-0.39, 0.29) is 23.3 Å². The Bertz CT molecular complexity index is 951. The second-order valence-electron chi connectivity index (χ2n) is 6.92. The fourth-order valence-corrected chi connectivity index (χ4v) is 5.49. The predicted octanol–water partition coefficient (Wildman–Crippen LogP) is 3.14. The molecule has 3 rings (SSSR count). The zero-order chi connectivity index (χ0) is 19.8. The smallest absolute Gasteiger partial charge is 0.246 e. The van der Waals surface area contributed by atoms with Crippen molar-refractivity contribution in [3.8, 4) is 0 Å². The molecule has 1 aliphatic rings. The average molecular weight is 455 g/mol. The van der Waals surface area contributed by atoms with E-state index in [0.717, 1.165) is 10.0 Å². The summed E-state index contributed by atoms with van der Waals surface area (Å²) in [6.45, 7) is 5.89. The molecule has 1 atom stereocenters. The van der Waals surface area contributed by atoms with Crippen LogP contribution in [-0.4, -0.2) is 41.9 Å². The maximum absolute atomic E-state index is 13.0. The van der Waals surface area contributed by atoms with Gasteiger partial charge in [0.05, 0.1) is 17.3 Å². The number of rotatable bonds is 4. The van der Waals surface area contributed by atoms with E-state index >= 15 is 0 Å². The number of piperidine rings is 1. The molecule has 0 saturated carbocycles. The van der Waals surface area contributed by atoms with Crippen LogP contribution in [0.2, 0.25) is 0 Å². The number of aromatic nitrogens is 2. The molecule has 9 heteroatoms. The fourth-order valence-electron chi connectivity index (χ4n) is 3.39. The molecule has 1 unspecified atom stereocenters. The monoisotopic (exact) mass is 454 g/mol. The van der Waals surface area contributed by atoms with Gasteiger partial charge in [0.25, 0.3) is 0 Å². The normalized spacial score (nSPS) is 18.4. The van der Waals surface area contributed by atoms with Crippen molar-refractivity contribution in [3.63, 3.8) is 0 Å². The summed E-state index contributed by atoms with van der Waals surface area (Å²) < 4.78 is 28.4. The number of benzene rings is 1. The van der Waals surface area contributed by atoms with E-state index in [1.165, 1.54) is 4.31 Å². The van der Waals surface area contributed by atoms with Gasteiger partial charge in [-0.25, -0.2) is 8.42 Å². The van der Waals surface area contributed by atoms with E-state index in [1.54, 1.807) is 13.8 Å². The van der Waals surface area contributed by atoms with Crippen LogP contribution in [-0.2, 0) is 14.8 Å². The predicted molar refractivity (Wildman–Crippen MR) is 107 cm³/mol. The molecular weight excluding hydrogens is 432 g/mol. The molecule has 2 N–H and O–H groups in total. The summed E-state index contributed by atoms with van der Waals surface area (Å²) in [6.07, 6.45) is 1.31. The molecule has 27 heavy (non-hydrogen) atoms. The van der Waals surface area contributed by atoms with Crippen LogP contribution in [0.3, 0.4) is 0 Å². The van der Waals surface area contributed by atoms with E-state index < -0.39 is 10.0 Å². The number of anilines is 1. The first-order valence-electron chi connectivity index (χ1n) is 8.79. The number of H-pyrrole nitrogens is 1. The molecule has 1 aromatic carbocycles. The number of carbonyl (C=O) groups is 1. The lowest BCUT2D eigenvalue weighted by molar-refractivity contribution is -0.120. The maximum Gasteiger partial charge on any atom is 0.246 e. The van der Waals surface area contributed by atoms with Crippen LogP contribution in [0.4, 0.5) is 5.69 Å². The Morgan fingerprint density at radius 3 is 2.70 bits per heavy atom. The van der Waals surface area contributed by atoms with Gasteiger partial charge in [0.2, 0.25) is 15.9 Å². The van der Waals surface area contributed by atoms with Crippen LogP contribution in [0.1, 0.15) is 29.8 Å². The number of aryl methyl sites for hydroxylation is 3. The van der Waals surface area contributed by atoms with Gasteiger partial charge in [-0.15, -0.1) is 0 Å². The molecular formula is C18H23BrN4O3S. The molecule has 1 aliphatic heterocycles. The third-order valence-electron chi connectivity index (χ3n) is 4.84. The van der Waals surface area contributed by atoms with E-state index in [1.807, 2.05) is 25.1 Å². The highest BCUT2D eigenvalue weighted by Gasteiger charge is 2.35. The number of halogens is 1. The molecule has 146 valence electrons. The standard InChI is InChI=1S/C18H23BrN4O3S/c1-11-9-15(6-7-16(11)19)20-18(24)14-5-4-8-23(10-14)27(25,26)17-12(2)21-22-13(17)3/h6-7,9,14H,4-5,8,10H2,1-3H3,(H,20,24)(H,21,22). The summed E-state index contributed by atoms with van der Waals surface area (Å²) >= 11 is 3.44. The maximum atomic E-state index is 13.0. The first-order valence-corrected chi connectivity index (χ1v) is 11.0. The lowest BCUT2D eigenvalue weighted by Gasteiger charge is -2.31. The first-order chi connectivity index (χ1) is 12.7. The molecule has 1 aromatic heterocycles. The Hall–Kier alpha value is -1.71. The minimum absolute atomic E-state index is 0.155. The molecule has 0 spiro atoms. The van der Waals surface area contributed by atoms with Crippen molar-refractivity contribution >= 4 is 37.5 Å². The van der Waals surface area contributed by atoms with Crippen molar-refractivity contribution in [1.29, 1.82) is 0 Å². The molecule has 1 amide bonds. The van der Waals surface area contributed by atoms with Crippen LogP contribution in [0.5, 0.6) is 0 Å². The largest absolute Gasteiger partial charge is 0.326 e. The first kappa shape index (κ1) is 20.0. The Labute approximate surface area is 167 Å². The quantitative estimate of drug-likeness (QED) is 0.741. The van der Waals surface area contributed by atoms with Crippen molar-refractivity contribution in [2.45, 2.75) is 38.5 Å². The summed E-state index contributed by atoms with van der Waals surface area (Å²) in [5, 5.41) is 9.62. The number of sulfonamides is 1. The highest BCUT2D eigenvalue weighted by molar-refractivity contribution is 9.10. The van der Waals surface area contributed by atoms with E-state index in [4.69, 9.17) is 0 Å². The molecule has 7 nitrogen and oxygen atoms in total. The molecule has 0 bridgehead atoms. The van der Waals surface area contributed by atoms with Gasteiger partial charge in [-0.3, -0.25) is 9.89 Å². The van der Waals surface area contributed by atoms with Crippen LogP contribution in [0.15, 0.2) is 27.6 Å². The minimum atomic E-state index is -3.68. The zero-order valence-corrected chi connectivity index (χ0v) is 17.9. The summed E-state index contributed by atoms with van der Waals surface area (Å²) in [5.41, 5.74) is 2.70. The number of hydrogen-bond acceptors (Lipinski definition) is 4. The molecule has 2 heterocycles. The Morgan fingerprint density at radius 2 is 2.07 bits per heavy atom. The highest BCUT2D eigenvalue weighted by Crippen LogP contribution is 2.28. The number of amides is 1. The van der Waals surface area contributed by atoms with Gasteiger partial charge in [-0.05, 0) is 57.4 Å². The summed E-state index contributed by atoms with van der Waals surface area (Å²) in [4.78, 5) is 12.9. The van der Waals surface area contributed by atoms with Gasteiger partial charge in [0.1, 0.15) is 4.90 Å². The van der Waals surface area contributed by atoms with Crippen LogP contribution < -0.4 is 5.32 Å². The van der Waals surface area contributed by atoms with Crippen LogP contribution >= 0.6 is 15.9 Å². The molecule has 0 aliphatic carbocycles. The molecule has 1 saturated heterocycles. The SMILES string of the molecule is Cc1cc(NC(=O)C2CCCN(S(=O)(=O)c3c(C)n[nH]c3C)C2)ccc1Br. The molecule has 2 aromatic rings. The minimum Gasteiger partial charge on any atom is -0.326 e. The summed E-state index contributed by atoms with van der Waals surface area (Å²) in [6, 6.07) is 5.59. The Balaban J connectivity index is 1.75. The summed E-state index contributed by atoms with van der Waals surface area (Å²) in [5.74, 6) is -0.540. The second-order valence-corrected chi connectivity index (χ2v) is 9.65. The summed E-state index contributed by atoms with van der Waals surface area (Å²) in [7, 11) is -3.68.